The molecule has 68 valence electrons. The van der Waals surface area contributed by atoms with Gasteiger partial charge < -0.3 is 24.9 Å². The van der Waals surface area contributed by atoms with Crippen molar-refractivity contribution in [2.45, 2.75) is 5.79 Å². The van der Waals surface area contributed by atoms with Gasteiger partial charge in [0, 0.05) is 6.08 Å². The van der Waals surface area contributed by atoms with Crippen molar-refractivity contribution in [1.82, 2.24) is 0 Å². The maximum atomic E-state index is 10.3. The van der Waals surface area contributed by atoms with Crippen molar-refractivity contribution in [1.29, 1.82) is 0 Å². The van der Waals surface area contributed by atoms with E-state index in [4.69, 9.17) is 10.2 Å². The summed E-state index contributed by atoms with van der Waals surface area (Å²) < 4.78 is 4.06. The van der Waals surface area contributed by atoms with E-state index < -0.39 is 17.7 Å². The molecule has 0 spiro atoms. The van der Waals surface area contributed by atoms with Crippen molar-refractivity contribution in [3.05, 3.63) is 12.2 Å². The van der Waals surface area contributed by atoms with Gasteiger partial charge in [0.25, 0.3) is 0 Å². The first-order valence-corrected chi connectivity index (χ1v) is 2.83. The van der Waals surface area contributed by atoms with E-state index in [1.54, 1.807) is 0 Å². The van der Waals surface area contributed by atoms with E-state index in [0.717, 1.165) is 7.11 Å². The van der Waals surface area contributed by atoms with Gasteiger partial charge in [-0.25, -0.2) is 4.79 Å². The Morgan fingerprint density at radius 3 is 2.33 bits per heavy atom. The molecule has 6 nitrogen and oxygen atoms in total. The zero-order valence-corrected chi connectivity index (χ0v) is 6.18. The van der Waals surface area contributed by atoms with Gasteiger partial charge in [-0.05, 0) is 6.08 Å². The molecule has 0 saturated heterocycles. The Kier molecular flexibility index (Phi) is 3.39. The average molecular weight is 175 g/mol. The van der Waals surface area contributed by atoms with Crippen LogP contribution >= 0.6 is 0 Å². The van der Waals surface area contributed by atoms with E-state index in [2.05, 4.69) is 4.74 Å². The highest BCUT2D eigenvalue weighted by atomic mass is 16.5. The van der Waals surface area contributed by atoms with Crippen molar-refractivity contribution in [3.8, 4) is 0 Å². The Bertz CT molecular complexity index is 216. The SMILES string of the molecule is COC(=O)/C=C/C(O)(O)C(=O)[O-]. The molecule has 0 rings (SSSR count). The monoisotopic (exact) mass is 175 g/mol. The predicted octanol–water partition coefficient (Wildman–Crippen LogP) is -2.85. The van der Waals surface area contributed by atoms with Gasteiger partial charge in [-0.15, -0.1) is 0 Å². The number of methoxy groups -OCH3 is 1. The second-order valence-electron chi connectivity index (χ2n) is 1.87. The van der Waals surface area contributed by atoms with Gasteiger partial charge in [-0.3, -0.25) is 0 Å². The first kappa shape index (κ1) is 10.6. The summed E-state index contributed by atoms with van der Waals surface area (Å²) in [6, 6.07) is 0. The summed E-state index contributed by atoms with van der Waals surface area (Å²) in [6.45, 7) is 0. The fourth-order valence-corrected chi connectivity index (χ4v) is 0.320. The van der Waals surface area contributed by atoms with E-state index in [0.29, 0.717) is 12.2 Å². The first-order valence-electron chi connectivity index (χ1n) is 2.83. The number of carbonyl (C=O) groups excluding carboxylic acids is 2. The minimum Gasteiger partial charge on any atom is -0.544 e. The topological polar surface area (TPSA) is 107 Å². The van der Waals surface area contributed by atoms with Crippen molar-refractivity contribution < 1.29 is 29.6 Å². The van der Waals surface area contributed by atoms with E-state index in [-0.39, 0.29) is 0 Å². The minimum atomic E-state index is -3.14. The number of carboxylic acid groups (broad SMARTS) is 1. The van der Waals surface area contributed by atoms with E-state index >= 15 is 0 Å². The van der Waals surface area contributed by atoms with Crippen LogP contribution in [0.4, 0.5) is 0 Å². The second kappa shape index (κ2) is 3.84. The highest BCUT2D eigenvalue weighted by molar-refractivity contribution is 5.84. The highest BCUT2D eigenvalue weighted by Crippen LogP contribution is 1.99. The maximum Gasteiger partial charge on any atom is 0.330 e. The number of aliphatic carboxylic acids is 1. The lowest BCUT2D eigenvalue weighted by Gasteiger charge is -2.17. The molecule has 0 bridgehead atoms. The zero-order valence-electron chi connectivity index (χ0n) is 6.18. The van der Waals surface area contributed by atoms with E-state index in [1.165, 1.54) is 0 Å². The van der Waals surface area contributed by atoms with Crippen LogP contribution in [0.3, 0.4) is 0 Å². The summed E-state index contributed by atoms with van der Waals surface area (Å²) in [5.41, 5.74) is 0. The third-order valence-corrected chi connectivity index (χ3v) is 0.953. The average Bonchev–Trinajstić information content (AvgIpc) is 2.00. The molecule has 0 aromatic carbocycles. The fourth-order valence-electron chi connectivity index (χ4n) is 0.320. The minimum absolute atomic E-state index is 0.341. The number of hydrogen-bond acceptors (Lipinski definition) is 6. The van der Waals surface area contributed by atoms with Gasteiger partial charge in [0.2, 0.25) is 5.79 Å². The standard InChI is InChI=1S/C6H8O6/c1-12-4(7)2-3-6(10,11)5(8)9/h2-3,10-11H,1H3,(H,8,9)/p-1/b3-2+. The lowest BCUT2D eigenvalue weighted by molar-refractivity contribution is -0.339. The van der Waals surface area contributed by atoms with E-state index in [1.807, 2.05) is 0 Å². The molecule has 0 heterocycles. The van der Waals surface area contributed by atoms with Gasteiger partial charge in [-0.2, -0.15) is 0 Å². The number of carboxylic acids is 1. The molecule has 0 aliphatic carbocycles. The smallest absolute Gasteiger partial charge is 0.330 e. The van der Waals surface area contributed by atoms with Crippen LogP contribution < -0.4 is 5.11 Å². The Hall–Kier alpha value is -1.40. The first-order chi connectivity index (χ1) is 5.40. The number of hydrogen-bond donors (Lipinski definition) is 2. The van der Waals surface area contributed by atoms with Gasteiger partial charge >= 0.3 is 5.97 Å². The van der Waals surface area contributed by atoms with Crippen molar-refractivity contribution in [2.75, 3.05) is 7.11 Å². The molecule has 2 N–H and O–H groups in total. The van der Waals surface area contributed by atoms with Crippen LogP contribution in [-0.4, -0.2) is 35.0 Å². The molecule has 12 heavy (non-hydrogen) atoms. The molecular weight excluding hydrogens is 168 g/mol. The molecular formula is C6H7O6-. The van der Waals surface area contributed by atoms with Crippen LogP contribution in [-0.2, 0) is 14.3 Å². The molecule has 0 aromatic heterocycles. The number of carbonyl (C=O) groups is 2. The highest BCUT2D eigenvalue weighted by Gasteiger charge is 2.20. The quantitative estimate of drug-likeness (QED) is 0.271. The van der Waals surface area contributed by atoms with Gasteiger partial charge in [0.05, 0.1) is 7.11 Å². The Balaban J connectivity index is 4.33. The number of aliphatic hydroxyl groups is 2. The summed E-state index contributed by atoms with van der Waals surface area (Å²) >= 11 is 0. The normalized spacial score (nSPS) is 11.6. The van der Waals surface area contributed by atoms with Crippen molar-refractivity contribution in [2.24, 2.45) is 0 Å². The molecule has 0 radical (unpaired) electrons. The number of esters is 1. The largest absolute Gasteiger partial charge is 0.544 e. The summed E-state index contributed by atoms with van der Waals surface area (Å²) in [5, 5.41) is 27.0. The third-order valence-electron chi connectivity index (χ3n) is 0.953. The number of rotatable bonds is 3. The lowest BCUT2D eigenvalue weighted by Crippen LogP contribution is -2.46. The van der Waals surface area contributed by atoms with Gasteiger partial charge in [0.15, 0.2) is 0 Å². The lowest BCUT2D eigenvalue weighted by atomic mass is 10.2. The predicted molar refractivity (Wildman–Crippen MR) is 33.3 cm³/mol. The molecule has 0 aromatic rings. The molecule has 0 fully saturated rings. The third kappa shape index (κ3) is 3.13. The van der Waals surface area contributed by atoms with Gasteiger partial charge in [-0.1, -0.05) is 0 Å². The van der Waals surface area contributed by atoms with Gasteiger partial charge in [0.1, 0.15) is 5.97 Å². The molecule has 0 aliphatic heterocycles. The Morgan fingerprint density at radius 1 is 1.50 bits per heavy atom. The number of ether oxygens (including phenoxy) is 1. The van der Waals surface area contributed by atoms with Crippen LogP contribution in [0, 0.1) is 0 Å². The molecule has 6 heteroatoms. The molecule has 0 unspecified atom stereocenters. The van der Waals surface area contributed by atoms with Crippen LogP contribution in [0.5, 0.6) is 0 Å². The Morgan fingerprint density at radius 2 is 2.00 bits per heavy atom. The Labute approximate surface area is 67.7 Å². The molecule has 0 aliphatic rings. The molecule has 0 saturated carbocycles. The van der Waals surface area contributed by atoms with Crippen LogP contribution in [0.15, 0.2) is 12.2 Å². The van der Waals surface area contributed by atoms with Crippen molar-refractivity contribution in [3.63, 3.8) is 0 Å². The van der Waals surface area contributed by atoms with Crippen molar-refractivity contribution >= 4 is 11.9 Å². The van der Waals surface area contributed by atoms with E-state index in [9.17, 15) is 14.7 Å². The molecule has 0 atom stereocenters. The summed E-state index contributed by atoms with van der Waals surface area (Å²) in [6.07, 6.45) is 0.907. The van der Waals surface area contributed by atoms with Crippen LogP contribution in [0.2, 0.25) is 0 Å². The second-order valence-corrected chi connectivity index (χ2v) is 1.87. The summed E-state index contributed by atoms with van der Waals surface area (Å²) in [7, 11) is 1.06. The maximum absolute atomic E-state index is 10.3. The van der Waals surface area contributed by atoms with Crippen LogP contribution in [0.25, 0.3) is 0 Å². The molecule has 0 amide bonds. The summed E-state index contributed by atoms with van der Waals surface area (Å²) in [5.74, 6) is -6.17. The van der Waals surface area contributed by atoms with Crippen LogP contribution in [0.1, 0.15) is 0 Å². The fraction of sp³-hybridized carbons (Fsp3) is 0.333. The summed E-state index contributed by atoms with van der Waals surface area (Å²) in [4.78, 5) is 20.2. The zero-order chi connectivity index (χ0) is 9.78.